The van der Waals surface area contributed by atoms with Crippen LogP contribution in [0, 0.1) is 5.41 Å². The quantitative estimate of drug-likeness (QED) is 0.836. The van der Waals surface area contributed by atoms with E-state index in [9.17, 15) is 5.11 Å². The first-order chi connectivity index (χ1) is 7.50. The summed E-state index contributed by atoms with van der Waals surface area (Å²) in [7, 11) is 0. The Hall–Kier alpha value is -0.240. The zero-order chi connectivity index (χ0) is 12.2. The van der Waals surface area contributed by atoms with E-state index in [0.29, 0.717) is 10.0 Å². The van der Waals surface area contributed by atoms with Crippen molar-refractivity contribution in [2.24, 2.45) is 5.41 Å². The number of rotatable bonds is 5. The Bertz CT molecular complexity index is 352. The van der Waals surface area contributed by atoms with Gasteiger partial charge in [0.15, 0.2) is 0 Å². The van der Waals surface area contributed by atoms with Crippen molar-refractivity contribution >= 4 is 23.2 Å². The third kappa shape index (κ3) is 3.65. The molecule has 1 nitrogen and oxygen atoms in total. The van der Waals surface area contributed by atoms with E-state index in [1.54, 1.807) is 0 Å². The van der Waals surface area contributed by atoms with Crippen LogP contribution in [0.2, 0.25) is 10.0 Å². The lowest BCUT2D eigenvalue weighted by molar-refractivity contribution is 0.131. The Morgan fingerprint density at radius 1 is 1.25 bits per heavy atom. The van der Waals surface area contributed by atoms with Gasteiger partial charge >= 0.3 is 0 Å². The molecule has 1 rings (SSSR count). The normalized spacial score (nSPS) is 14.8. The molecule has 0 amide bonds. The molecule has 0 saturated carbocycles. The summed E-state index contributed by atoms with van der Waals surface area (Å²) < 4.78 is 0. The standard InChI is InChI=1S/C13H18Cl2O/c1-3-6-13(2,9-16)8-10-4-5-11(14)12(15)7-10/h4-5,7,16H,3,6,8-9H2,1-2H3. The third-order valence-electron chi connectivity index (χ3n) is 2.85. The summed E-state index contributed by atoms with van der Waals surface area (Å²) in [4.78, 5) is 0. The number of halogens is 2. The van der Waals surface area contributed by atoms with Gasteiger partial charge in [-0.1, -0.05) is 49.5 Å². The molecular formula is C13H18Cl2O. The lowest BCUT2D eigenvalue weighted by Gasteiger charge is -2.27. The lowest BCUT2D eigenvalue weighted by Crippen LogP contribution is -2.24. The predicted molar refractivity (Wildman–Crippen MR) is 70.3 cm³/mol. The topological polar surface area (TPSA) is 20.2 Å². The summed E-state index contributed by atoms with van der Waals surface area (Å²) in [5.41, 5.74) is 1.06. The highest BCUT2D eigenvalue weighted by Gasteiger charge is 2.22. The molecule has 0 saturated heterocycles. The minimum absolute atomic E-state index is 0.0636. The second-order valence-corrected chi connectivity index (χ2v) is 5.46. The molecule has 1 unspecified atom stereocenters. The van der Waals surface area contributed by atoms with Crippen LogP contribution >= 0.6 is 23.2 Å². The van der Waals surface area contributed by atoms with Crippen LogP contribution in [0.5, 0.6) is 0 Å². The van der Waals surface area contributed by atoms with Crippen molar-refractivity contribution in [3.8, 4) is 0 Å². The molecule has 0 bridgehead atoms. The van der Waals surface area contributed by atoms with E-state index in [4.69, 9.17) is 23.2 Å². The average Bonchev–Trinajstić information content (AvgIpc) is 2.24. The van der Waals surface area contributed by atoms with E-state index in [0.717, 1.165) is 24.8 Å². The summed E-state index contributed by atoms with van der Waals surface area (Å²) in [6, 6.07) is 5.66. The van der Waals surface area contributed by atoms with Crippen LogP contribution in [0.4, 0.5) is 0 Å². The fraction of sp³-hybridized carbons (Fsp3) is 0.538. The Morgan fingerprint density at radius 2 is 1.94 bits per heavy atom. The van der Waals surface area contributed by atoms with Crippen LogP contribution in [0.25, 0.3) is 0 Å². The average molecular weight is 261 g/mol. The van der Waals surface area contributed by atoms with E-state index in [1.165, 1.54) is 0 Å². The van der Waals surface area contributed by atoms with E-state index in [-0.39, 0.29) is 12.0 Å². The predicted octanol–water partition coefficient (Wildman–Crippen LogP) is 4.33. The van der Waals surface area contributed by atoms with Gasteiger partial charge in [0.1, 0.15) is 0 Å². The van der Waals surface area contributed by atoms with Crippen molar-refractivity contribution in [2.45, 2.75) is 33.1 Å². The minimum atomic E-state index is -0.0636. The first kappa shape index (κ1) is 13.8. The van der Waals surface area contributed by atoms with Crippen LogP contribution in [0.1, 0.15) is 32.3 Å². The monoisotopic (exact) mass is 260 g/mol. The molecule has 1 N–H and O–H groups in total. The molecule has 0 radical (unpaired) electrons. The van der Waals surface area contributed by atoms with Gasteiger partial charge in [0.2, 0.25) is 0 Å². The zero-order valence-corrected chi connectivity index (χ0v) is 11.3. The van der Waals surface area contributed by atoms with E-state index in [2.05, 4.69) is 13.8 Å². The number of hydrogen-bond donors (Lipinski definition) is 1. The molecule has 0 aromatic heterocycles. The van der Waals surface area contributed by atoms with Gasteiger partial charge < -0.3 is 5.11 Å². The fourth-order valence-corrected chi connectivity index (χ4v) is 2.29. The van der Waals surface area contributed by atoms with E-state index in [1.807, 2.05) is 18.2 Å². The molecule has 1 atom stereocenters. The maximum absolute atomic E-state index is 9.44. The maximum atomic E-state index is 9.44. The Labute approximate surface area is 107 Å². The number of aliphatic hydroxyl groups is 1. The summed E-state index contributed by atoms with van der Waals surface area (Å²) in [5, 5.41) is 10.6. The van der Waals surface area contributed by atoms with Crippen molar-refractivity contribution in [3.63, 3.8) is 0 Å². The summed E-state index contributed by atoms with van der Waals surface area (Å²) in [5.74, 6) is 0. The first-order valence-corrected chi connectivity index (χ1v) is 6.31. The summed E-state index contributed by atoms with van der Waals surface area (Å²) >= 11 is 11.8. The molecule has 1 aromatic rings. The van der Waals surface area contributed by atoms with Crippen molar-refractivity contribution in [3.05, 3.63) is 33.8 Å². The van der Waals surface area contributed by atoms with Crippen LogP contribution in [-0.2, 0) is 6.42 Å². The molecule has 16 heavy (non-hydrogen) atoms. The van der Waals surface area contributed by atoms with Crippen LogP contribution < -0.4 is 0 Å². The molecular weight excluding hydrogens is 243 g/mol. The Balaban J connectivity index is 2.81. The zero-order valence-electron chi connectivity index (χ0n) is 9.76. The van der Waals surface area contributed by atoms with Crippen molar-refractivity contribution in [2.75, 3.05) is 6.61 Å². The van der Waals surface area contributed by atoms with Crippen molar-refractivity contribution in [1.29, 1.82) is 0 Å². The number of benzene rings is 1. The van der Waals surface area contributed by atoms with E-state index < -0.39 is 0 Å². The van der Waals surface area contributed by atoms with Gasteiger partial charge in [-0.3, -0.25) is 0 Å². The van der Waals surface area contributed by atoms with Gasteiger partial charge in [-0.15, -0.1) is 0 Å². The lowest BCUT2D eigenvalue weighted by atomic mass is 9.80. The van der Waals surface area contributed by atoms with E-state index >= 15 is 0 Å². The van der Waals surface area contributed by atoms with Gasteiger partial charge in [-0.25, -0.2) is 0 Å². The van der Waals surface area contributed by atoms with Crippen molar-refractivity contribution in [1.82, 2.24) is 0 Å². The molecule has 0 aliphatic rings. The minimum Gasteiger partial charge on any atom is -0.396 e. The highest BCUT2D eigenvalue weighted by molar-refractivity contribution is 6.42. The largest absolute Gasteiger partial charge is 0.396 e. The first-order valence-electron chi connectivity index (χ1n) is 5.55. The van der Waals surface area contributed by atoms with Gasteiger partial charge in [-0.05, 0) is 36.0 Å². The highest BCUT2D eigenvalue weighted by atomic mass is 35.5. The van der Waals surface area contributed by atoms with Gasteiger partial charge in [0.05, 0.1) is 10.0 Å². The molecule has 90 valence electrons. The molecule has 0 spiro atoms. The molecule has 0 heterocycles. The third-order valence-corrected chi connectivity index (χ3v) is 3.59. The maximum Gasteiger partial charge on any atom is 0.0595 e. The van der Waals surface area contributed by atoms with Crippen LogP contribution in [0.15, 0.2) is 18.2 Å². The fourth-order valence-electron chi connectivity index (χ4n) is 1.97. The second-order valence-electron chi connectivity index (χ2n) is 4.64. The van der Waals surface area contributed by atoms with Gasteiger partial charge in [-0.2, -0.15) is 0 Å². The number of hydrogen-bond acceptors (Lipinski definition) is 1. The van der Waals surface area contributed by atoms with Gasteiger partial charge in [0.25, 0.3) is 0 Å². The highest BCUT2D eigenvalue weighted by Crippen LogP contribution is 2.30. The summed E-state index contributed by atoms with van der Waals surface area (Å²) in [6.45, 7) is 4.42. The molecule has 0 aliphatic heterocycles. The van der Waals surface area contributed by atoms with Crippen molar-refractivity contribution < 1.29 is 5.11 Å². The SMILES string of the molecule is CCCC(C)(CO)Cc1ccc(Cl)c(Cl)c1. The number of aliphatic hydroxyl groups excluding tert-OH is 1. The smallest absolute Gasteiger partial charge is 0.0595 e. The molecule has 1 aromatic carbocycles. The van der Waals surface area contributed by atoms with Crippen LogP contribution in [0.3, 0.4) is 0 Å². The van der Waals surface area contributed by atoms with Crippen LogP contribution in [-0.4, -0.2) is 11.7 Å². The molecule has 0 fully saturated rings. The summed E-state index contributed by atoms with van der Waals surface area (Å²) in [6.07, 6.45) is 2.90. The Morgan fingerprint density at radius 3 is 2.44 bits per heavy atom. The molecule has 0 aliphatic carbocycles. The molecule has 3 heteroatoms. The van der Waals surface area contributed by atoms with Gasteiger partial charge in [0, 0.05) is 6.61 Å². The Kier molecular flexibility index (Phi) is 5.10. The second kappa shape index (κ2) is 5.90.